The number of benzene rings is 2. The molecular weight excluding hydrogens is 649 g/mol. The molecule has 0 saturated heterocycles. The molecule has 0 spiro atoms. The molecule has 254 valence electrons. The second kappa shape index (κ2) is 16.8. The van der Waals surface area contributed by atoms with E-state index in [-0.39, 0.29) is 49.2 Å². The van der Waals surface area contributed by atoms with Gasteiger partial charge in [0.1, 0.15) is 11.8 Å². The first-order valence-electron chi connectivity index (χ1n) is 16.2. The van der Waals surface area contributed by atoms with Crippen molar-refractivity contribution in [1.82, 2.24) is 20.8 Å². The maximum absolute atomic E-state index is 14.4. The minimum Gasteiger partial charge on any atom is -0.508 e. The van der Waals surface area contributed by atoms with Gasteiger partial charge in [0.05, 0.1) is 74.9 Å². The van der Waals surface area contributed by atoms with Gasteiger partial charge in [-0.25, -0.2) is 0 Å². The number of nitrogens with zero attached hydrogens (tertiary/aromatic N) is 3. The van der Waals surface area contributed by atoms with E-state index in [2.05, 4.69) is 25.8 Å². The van der Waals surface area contributed by atoms with Crippen LogP contribution in [0.1, 0.15) is 52.9 Å². The highest BCUT2D eigenvalue weighted by atomic mass is 16.5. The minimum atomic E-state index is -2.69. The van der Waals surface area contributed by atoms with Crippen molar-refractivity contribution in [2.75, 3.05) is 6.54 Å². The molecule has 0 aliphatic heterocycles. The summed E-state index contributed by atoms with van der Waals surface area (Å²) in [7, 11) is 50.1. The van der Waals surface area contributed by atoms with Crippen molar-refractivity contribution in [3.05, 3.63) is 76.4 Å². The third-order valence-corrected chi connectivity index (χ3v) is 8.84. The van der Waals surface area contributed by atoms with Crippen molar-refractivity contribution in [2.45, 2.75) is 78.6 Å². The number of amides is 2. The number of hydrogen-bond donors (Lipinski definition) is 7. The monoisotopic (exact) mass is 687 g/mol. The highest BCUT2D eigenvalue weighted by Crippen LogP contribution is 2.62. The van der Waals surface area contributed by atoms with Crippen molar-refractivity contribution < 1.29 is 19.2 Å². The molecule has 3 aromatic rings. The van der Waals surface area contributed by atoms with Crippen LogP contribution in [-0.2, 0) is 22.4 Å². The average molecular weight is 686 g/mol. The number of aromatic nitrogens is 2. The van der Waals surface area contributed by atoms with Crippen LogP contribution in [-0.4, -0.2) is 120 Å². The molecule has 16 radical (unpaired) electrons. The number of aliphatic imine (C=N–C) groups is 1. The summed E-state index contributed by atoms with van der Waals surface area (Å²) in [4.78, 5) is 36.0. The number of phenols is 1. The predicted molar refractivity (Wildman–Crippen MR) is 207 cm³/mol. The molecule has 21 heteroatoms. The fraction of sp³-hybridized carbons (Fsp3) is 0.452. The molecule has 0 saturated carbocycles. The quantitative estimate of drug-likeness (QED) is 0.0343. The Morgan fingerprint density at radius 2 is 1.54 bits per heavy atom. The van der Waals surface area contributed by atoms with Gasteiger partial charge in [0, 0.05) is 19.4 Å². The summed E-state index contributed by atoms with van der Waals surface area (Å²) in [5.74, 6) is -1.86. The van der Waals surface area contributed by atoms with Crippen molar-refractivity contribution in [3.8, 4) is 5.75 Å². The van der Waals surface area contributed by atoms with Gasteiger partial charge in [0.2, 0.25) is 17.7 Å². The van der Waals surface area contributed by atoms with Gasteiger partial charge >= 0.3 is 0 Å². The summed E-state index contributed by atoms with van der Waals surface area (Å²) >= 11 is 0. The number of aryl methyl sites for hydroxylation is 2. The van der Waals surface area contributed by atoms with E-state index in [1.165, 1.54) is 12.1 Å². The molecular formula is C31H37B8N9O4. The first kappa shape index (κ1) is 42.4. The van der Waals surface area contributed by atoms with Crippen LogP contribution >= 0.6 is 0 Å². The molecule has 2 amide bonds. The normalized spacial score (nSPS) is 14.2. The second-order valence-corrected chi connectivity index (χ2v) is 13.1. The Morgan fingerprint density at radius 3 is 2.10 bits per heavy atom. The van der Waals surface area contributed by atoms with Crippen LogP contribution in [0.25, 0.3) is 0 Å². The van der Waals surface area contributed by atoms with E-state index in [0.717, 1.165) is 5.56 Å². The first-order chi connectivity index (χ1) is 24.0. The number of hydrogen-bond acceptors (Lipinski definition) is 9. The maximum Gasteiger partial charge on any atom is 0.248 e. The molecule has 0 bridgehead atoms. The Bertz CT molecular complexity index is 1710. The van der Waals surface area contributed by atoms with Crippen LogP contribution in [0, 0.1) is 13.8 Å². The topological polar surface area (TPSA) is 234 Å². The molecule has 52 heavy (non-hydrogen) atoms. The summed E-state index contributed by atoms with van der Waals surface area (Å²) in [5.41, 5.74) is 25.5. The maximum atomic E-state index is 14.4. The van der Waals surface area contributed by atoms with E-state index < -0.39 is 50.9 Å². The molecule has 3 atom stereocenters. The van der Waals surface area contributed by atoms with Crippen LogP contribution in [0.4, 0.5) is 0 Å². The van der Waals surface area contributed by atoms with Crippen LogP contribution in [0.15, 0.2) is 52.0 Å². The highest BCUT2D eigenvalue weighted by molar-refractivity contribution is 6.65. The SMILES string of the molecule is [B]C([B])(N)C([B])([B])C([B])([B])C([B])([B])C(NC(=O)[C@H](Cc1c(C)cc(O)cc1C)NC(=O)[C@H](N)CCCN=C(N)N)c1nc(Cc2ccccc2)no1. The standard InChI is InChI=1S/C31H37B8N9O4/c1-15-11-18(49)12-16(2)19(15)14-21(45-24(50)20(40)9-6-10-44-27(41)42)25(51)47-23(28(32,33)29(34,35)30(36,37)31(38,39)43)26-46-22(48-52-26)13-17-7-4-3-5-8-17/h3-5,7-8,11-12,20-21,23,49H,6,9-10,13-14,40,43H2,1-2H3,(H,45,50)(H,47,51)(H4,41,42,44)/t20-,21+,23?/m1/s1. The molecule has 0 aliphatic carbocycles. The third-order valence-electron chi connectivity index (χ3n) is 8.84. The van der Waals surface area contributed by atoms with Gasteiger partial charge < -0.3 is 43.2 Å². The number of carbonyl (C=O) groups excluding carboxylic acids is 2. The van der Waals surface area contributed by atoms with E-state index in [0.29, 0.717) is 23.1 Å². The summed E-state index contributed by atoms with van der Waals surface area (Å²) in [6.07, 6.45) is 0.652. The number of phenolic OH excluding ortho intramolecular Hbond substituents is 1. The van der Waals surface area contributed by atoms with Gasteiger partial charge in [-0.05, 0) is 61.1 Å². The lowest BCUT2D eigenvalue weighted by atomic mass is 9.11. The predicted octanol–water partition coefficient (Wildman–Crippen LogP) is -2.44. The third kappa shape index (κ3) is 9.91. The van der Waals surface area contributed by atoms with E-state index in [9.17, 15) is 14.7 Å². The van der Waals surface area contributed by atoms with Crippen molar-refractivity contribution >= 4 is 80.5 Å². The molecule has 3 rings (SSSR count). The highest BCUT2D eigenvalue weighted by Gasteiger charge is 2.54. The Kier molecular flexibility index (Phi) is 13.7. The summed E-state index contributed by atoms with van der Waals surface area (Å²) < 4.78 is 5.53. The number of carbonyl (C=O) groups is 2. The van der Waals surface area contributed by atoms with Crippen molar-refractivity contribution in [1.29, 1.82) is 0 Å². The summed E-state index contributed by atoms with van der Waals surface area (Å²) in [6.45, 7) is 3.69. The zero-order valence-electron chi connectivity index (χ0n) is 29.3. The van der Waals surface area contributed by atoms with Gasteiger partial charge in [-0.2, -0.15) is 4.98 Å². The smallest absolute Gasteiger partial charge is 0.248 e. The number of guanidine groups is 1. The molecule has 0 fully saturated rings. The van der Waals surface area contributed by atoms with E-state index in [1.54, 1.807) is 13.8 Å². The zero-order valence-corrected chi connectivity index (χ0v) is 29.3. The molecule has 1 aromatic heterocycles. The largest absolute Gasteiger partial charge is 0.508 e. The lowest BCUT2D eigenvalue weighted by molar-refractivity contribution is -0.130. The molecule has 1 heterocycles. The van der Waals surface area contributed by atoms with Crippen molar-refractivity contribution in [3.63, 3.8) is 0 Å². The fourth-order valence-electron chi connectivity index (χ4n) is 5.45. The number of aromatic hydroxyl groups is 1. The first-order valence-corrected chi connectivity index (χ1v) is 16.2. The molecule has 11 N–H and O–H groups in total. The van der Waals surface area contributed by atoms with E-state index in [1.807, 2.05) is 30.3 Å². The minimum absolute atomic E-state index is 0.00969. The summed E-state index contributed by atoms with van der Waals surface area (Å²) in [5, 5.41) is 9.08. The van der Waals surface area contributed by atoms with Crippen LogP contribution in [0.5, 0.6) is 5.75 Å². The van der Waals surface area contributed by atoms with Crippen LogP contribution in [0.3, 0.4) is 0 Å². The molecule has 1 unspecified atom stereocenters. The molecule has 0 aliphatic rings. The lowest BCUT2D eigenvalue weighted by Gasteiger charge is -2.63. The van der Waals surface area contributed by atoms with Gasteiger partial charge in [0.15, 0.2) is 11.8 Å². The van der Waals surface area contributed by atoms with Gasteiger partial charge in [-0.3, -0.25) is 14.6 Å². The summed E-state index contributed by atoms with van der Waals surface area (Å²) in [6, 6.07) is 7.98. The molecule has 13 nitrogen and oxygen atoms in total. The second-order valence-electron chi connectivity index (χ2n) is 13.1. The lowest BCUT2D eigenvalue weighted by Crippen LogP contribution is -2.63. The zero-order chi connectivity index (χ0) is 39.2. The molecule has 2 aromatic carbocycles. The van der Waals surface area contributed by atoms with Crippen LogP contribution in [0.2, 0.25) is 15.6 Å². The Balaban J connectivity index is 2.08. The van der Waals surface area contributed by atoms with Crippen LogP contribution < -0.4 is 33.6 Å². The Morgan fingerprint density at radius 1 is 0.942 bits per heavy atom. The number of nitrogens with two attached hydrogens (primary N) is 4. The van der Waals surface area contributed by atoms with E-state index >= 15 is 0 Å². The Labute approximate surface area is 315 Å². The fourth-order valence-corrected chi connectivity index (χ4v) is 5.45. The Hall–Kier alpha value is -3.97. The van der Waals surface area contributed by atoms with Gasteiger partial charge in [-0.1, -0.05) is 46.0 Å². The van der Waals surface area contributed by atoms with Gasteiger partial charge in [-0.15, -0.1) is 10.4 Å². The van der Waals surface area contributed by atoms with Crippen molar-refractivity contribution in [2.24, 2.45) is 27.9 Å². The number of rotatable bonds is 17. The van der Waals surface area contributed by atoms with E-state index in [4.69, 9.17) is 90.2 Å². The van der Waals surface area contributed by atoms with Gasteiger partial charge in [0.25, 0.3) is 0 Å². The average Bonchev–Trinajstić information content (AvgIpc) is 3.49. The number of nitrogens with one attached hydrogen (secondary N) is 2.